The van der Waals surface area contributed by atoms with E-state index in [1.54, 1.807) is 4.68 Å². The van der Waals surface area contributed by atoms with Crippen LogP contribution in [0.3, 0.4) is 0 Å². The fourth-order valence-corrected chi connectivity index (χ4v) is 4.83. The summed E-state index contributed by atoms with van der Waals surface area (Å²) in [4.78, 5) is 29.7. The maximum absolute atomic E-state index is 13.2. The van der Waals surface area contributed by atoms with E-state index >= 15 is 0 Å². The third-order valence-corrected chi connectivity index (χ3v) is 6.15. The zero-order valence-corrected chi connectivity index (χ0v) is 18.2. The number of likely N-dealkylation sites (tertiary alicyclic amines) is 1. The Hall–Kier alpha value is -2.61. The van der Waals surface area contributed by atoms with E-state index in [0.29, 0.717) is 32.1 Å². The fourth-order valence-electron chi connectivity index (χ4n) is 4.83. The number of pyridine rings is 1. The van der Waals surface area contributed by atoms with Crippen molar-refractivity contribution in [3.05, 3.63) is 51.7 Å². The predicted octanol–water partition coefficient (Wildman–Crippen LogP) is 1.75. The fraction of sp³-hybridized carbons (Fsp3) is 0.591. The molecule has 0 radical (unpaired) electrons. The molecule has 1 fully saturated rings. The standard InChI is InChI=1S/C22H32N6O2/c1-4-7-23-22(30)27-12-16-8-19(15-27)20-6-5-18(21(29)28(20)13-16)14-25(2)10-17-9-24-26(3)11-17/h5-6,9,11,16,19H,4,7-8,10,12-15H2,1-3H3,(H,23,30)/t16-,19+/m0/s1. The van der Waals surface area contributed by atoms with Gasteiger partial charge in [0.25, 0.3) is 5.56 Å². The molecule has 2 bridgehead atoms. The van der Waals surface area contributed by atoms with E-state index in [0.717, 1.165) is 42.8 Å². The van der Waals surface area contributed by atoms with E-state index in [2.05, 4.69) is 28.3 Å². The summed E-state index contributed by atoms with van der Waals surface area (Å²) in [5.41, 5.74) is 3.14. The van der Waals surface area contributed by atoms with Gasteiger partial charge < -0.3 is 14.8 Å². The van der Waals surface area contributed by atoms with Crippen molar-refractivity contribution in [1.29, 1.82) is 0 Å². The number of hydrogen-bond acceptors (Lipinski definition) is 4. The average Bonchev–Trinajstić information content (AvgIpc) is 3.12. The van der Waals surface area contributed by atoms with E-state index in [4.69, 9.17) is 0 Å². The Morgan fingerprint density at radius 2 is 2.10 bits per heavy atom. The van der Waals surface area contributed by atoms with Crippen LogP contribution in [0.5, 0.6) is 0 Å². The maximum atomic E-state index is 13.2. The molecular weight excluding hydrogens is 380 g/mol. The van der Waals surface area contributed by atoms with Crippen molar-refractivity contribution < 1.29 is 4.79 Å². The molecule has 2 aliphatic heterocycles. The molecule has 1 N–H and O–H groups in total. The molecule has 0 aliphatic carbocycles. The van der Waals surface area contributed by atoms with E-state index in [1.165, 1.54) is 0 Å². The average molecular weight is 413 g/mol. The number of rotatable bonds is 6. The first-order valence-electron chi connectivity index (χ1n) is 10.9. The summed E-state index contributed by atoms with van der Waals surface area (Å²) < 4.78 is 3.76. The molecule has 162 valence electrons. The Morgan fingerprint density at radius 1 is 1.27 bits per heavy atom. The van der Waals surface area contributed by atoms with Gasteiger partial charge in [0.1, 0.15) is 0 Å². The van der Waals surface area contributed by atoms with Crippen LogP contribution in [0.25, 0.3) is 0 Å². The summed E-state index contributed by atoms with van der Waals surface area (Å²) in [7, 11) is 3.93. The number of piperidine rings is 1. The topological polar surface area (TPSA) is 75.4 Å². The SMILES string of the molecule is CCCNC(=O)N1C[C@@H]2C[C@H](C1)c1ccc(CN(C)Cc3cnn(C)c3)c(=O)n1C2. The van der Waals surface area contributed by atoms with Gasteiger partial charge in [-0.3, -0.25) is 14.4 Å². The van der Waals surface area contributed by atoms with Crippen molar-refractivity contribution in [3.63, 3.8) is 0 Å². The van der Waals surface area contributed by atoms with Crippen LogP contribution < -0.4 is 10.9 Å². The molecule has 0 saturated carbocycles. The van der Waals surface area contributed by atoms with Crippen molar-refractivity contribution in [2.45, 2.75) is 45.3 Å². The molecule has 0 aromatic carbocycles. The molecule has 2 amide bonds. The summed E-state index contributed by atoms with van der Waals surface area (Å²) in [6, 6.07) is 4.10. The number of aryl methyl sites for hydroxylation is 1. The van der Waals surface area contributed by atoms with Crippen LogP contribution in [-0.2, 0) is 26.7 Å². The summed E-state index contributed by atoms with van der Waals surface area (Å²) in [5.74, 6) is 0.574. The first-order valence-corrected chi connectivity index (χ1v) is 10.9. The minimum atomic E-state index is 0.0241. The van der Waals surface area contributed by atoms with Gasteiger partial charge in [-0.2, -0.15) is 5.10 Å². The van der Waals surface area contributed by atoms with E-state index in [-0.39, 0.29) is 17.5 Å². The Kier molecular flexibility index (Phi) is 5.94. The third kappa shape index (κ3) is 4.28. The highest BCUT2D eigenvalue weighted by Crippen LogP contribution is 2.35. The Bertz CT molecular complexity index is 965. The van der Waals surface area contributed by atoms with Crippen LogP contribution in [0.1, 0.15) is 42.5 Å². The maximum Gasteiger partial charge on any atom is 0.317 e. The normalized spacial score (nSPS) is 20.3. The zero-order valence-electron chi connectivity index (χ0n) is 18.2. The van der Waals surface area contributed by atoms with Crippen LogP contribution >= 0.6 is 0 Å². The highest BCUT2D eigenvalue weighted by molar-refractivity contribution is 5.74. The van der Waals surface area contributed by atoms with Crippen LogP contribution in [0.15, 0.2) is 29.3 Å². The summed E-state index contributed by atoms with van der Waals surface area (Å²) in [6.07, 6.45) is 5.85. The van der Waals surface area contributed by atoms with Gasteiger partial charge in [-0.15, -0.1) is 0 Å². The lowest BCUT2D eigenvalue weighted by molar-refractivity contribution is 0.131. The first kappa shape index (κ1) is 20.7. The highest BCUT2D eigenvalue weighted by Gasteiger charge is 2.36. The Morgan fingerprint density at radius 3 is 2.83 bits per heavy atom. The summed E-state index contributed by atoms with van der Waals surface area (Å²) in [6.45, 7) is 6.23. The van der Waals surface area contributed by atoms with Crippen molar-refractivity contribution in [1.82, 2.24) is 29.5 Å². The number of fused-ring (bicyclic) bond motifs is 4. The number of aromatic nitrogens is 3. The molecule has 0 spiro atoms. The lowest BCUT2D eigenvalue weighted by Gasteiger charge is -2.42. The van der Waals surface area contributed by atoms with Crippen molar-refractivity contribution in [3.8, 4) is 0 Å². The van der Waals surface area contributed by atoms with E-state index in [9.17, 15) is 9.59 Å². The number of nitrogens with one attached hydrogen (secondary N) is 1. The van der Waals surface area contributed by atoms with Gasteiger partial charge in [0.15, 0.2) is 0 Å². The number of carbonyl (C=O) groups is 1. The second-order valence-electron chi connectivity index (χ2n) is 8.83. The summed E-state index contributed by atoms with van der Waals surface area (Å²) >= 11 is 0. The molecule has 2 aromatic rings. The zero-order chi connectivity index (χ0) is 21.3. The molecule has 2 aromatic heterocycles. The molecule has 4 heterocycles. The van der Waals surface area contributed by atoms with Crippen LogP contribution in [0.2, 0.25) is 0 Å². The summed E-state index contributed by atoms with van der Waals surface area (Å²) in [5, 5.41) is 7.20. The van der Waals surface area contributed by atoms with E-state index in [1.807, 2.05) is 42.0 Å². The number of hydrogen-bond donors (Lipinski definition) is 1. The second-order valence-corrected chi connectivity index (χ2v) is 8.83. The number of amides is 2. The van der Waals surface area contributed by atoms with Crippen LogP contribution in [0, 0.1) is 5.92 Å². The highest BCUT2D eigenvalue weighted by atomic mass is 16.2. The van der Waals surface area contributed by atoms with E-state index < -0.39 is 0 Å². The largest absolute Gasteiger partial charge is 0.338 e. The van der Waals surface area contributed by atoms with Gasteiger partial charge in [-0.1, -0.05) is 13.0 Å². The minimum absolute atomic E-state index is 0.0241. The molecule has 4 rings (SSSR count). The number of urea groups is 1. The minimum Gasteiger partial charge on any atom is -0.338 e. The van der Waals surface area contributed by atoms with Crippen LogP contribution in [0.4, 0.5) is 4.79 Å². The molecule has 8 heteroatoms. The predicted molar refractivity (Wildman–Crippen MR) is 115 cm³/mol. The third-order valence-electron chi connectivity index (χ3n) is 6.15. The number of nitrogens with zero attached hydrogens (tertiary/aromatic N) is 5. The second kappa shape index (κ2) is 8.63. The Balaban J connectivity index is 1.47. The first-order chi connectivity index (χ1) is 14.4. The molecule has 2 aliphatic rings. The molecular formula is C22H32N6O2. The lowest BCUT2D eigenvalue weighted by atomic mass is 9.83. The van der Waals surface area contributed by atoms with Gasteiger partial charge in [-0.25, -0.2) is 4.79 Å². The monoisotopic (exact) mass is 412 g/mol. The molecule has 8 nitrogen and oxygen atoms in total. The Labute approximate surface area is 177 Å². The molecule has 1 saturated heterocycles. The van der Waals surface area contributed by atoms with Gasteiger partial charge in [0.05, 0.1) is 6.20 Å². The van der Waals surface area contributed by atoms with Gasteiger partial charge >= 0.3 is 6.03 Å². The molecule has 0 unspecified atom stereocenters. The van der Waals surface area contributed by atoms with Gasteiger partial charge in [0.2, 0.25) is 0 Å². The van der Waals surface area contributed by atoms with Gasteiger partial charge in [-0.05, 0) is 31.9 Å². The quantitative estimate of drug-likeness (QED) is 0.784. The van der Waals surface area contributed by atoms with Crippen molar-refractivity contribution >= 4 is 6.03 Å². The van der Waals surface area contributed by atoms with Crippen LogP contribution in [-0.4, -0.2) is 56.9 Å². The van der Waals surface area contributed by atoms with Gasteiger partial charge in [0, 0.05) is 75.3 Å². The smallest absolute Gasteiger partial charge is 0.317 e. The molecule has 30 heavy (non-hydrogen) atoms. The van der Waals surface area contributed by atoms with Crippen molar-refractivity contribution in [2.75, 3.05) is 26.7 Å². The molecule has 2 atom stereocenters. The van der Waals surface area contributed by atoms with Crippen molar-refractivity contribution in [2.24, 2.45) is 13.0 Å². The lowest BCUT2D eigenvalue weighted by Crippen LogP contribution is -2.52. The number of carbonyl (C=O) groups excluding carboxylic acids is 1.